The second-order valence-electron chi connectivity index (χ2n) is 2.90. The maximum Gasteiger partial charge on any atom is 0.0582 e. The minimum absolute atomic E-state index is 0.755. The first-order chi connectivity index (χ1) is 5.79. The molecule has 0 spiro atoms. The van der Waals surface area contributed by atoms with E-state index in [1.54, 1.807) is 6.20 Å². The fourth-order valence-corrected chi connectivity index (χ4v) is 1.45. The van der Waals surface area contributed by atoms with Crippen LogP contribution in [0.3, 0.4) is 0 Å². The topological polar surface area (TPSA) is 38.9 Å². The van der Waals surface area contributed by atoms with E-state index >= 15 is 0 Å². The van der Waals surface area contributed by atoms with Crippen molar-refractivity contribution in [3.8, 4) is 0 Å². The van der Waals surface area contributed by atoms with Gasteiger partial charge in [0.25, 0.3) is 0 Å². The zero-order chi connectivity index (χ0) is 8.55. The number of benzene rings is 1. The van der Waals surface area contributed by atoms with Crippen molar-refractivity contribution in [2.45, 2.75) is 6.92 Å². The molecule has 0 radical (unpaired) electrons. The number of pyridine rings is 1. The lowest BCUT2D eigenvalue weighted by molar-refractivity contribution is 1.36. The van der Waals surface area contributed by atoms with E-state index in [9.17, 15) is 0 Å². The summed E-state index contributed by atoms with van der Waals surface area (Å²) in [5.74, 6) is 0. The highest BCUT2D eigenvalue weighted by Crippen LogP contribution is 2.22. The van der Waals surface area contributed by atoms with E-state index in [2.05, 4.69) is 18.0 Å². The van der Waals surface area contributed by atoms with E-state index in [1.807, 2.05) is 18.3 Å². The number of anilines is 1. The van der Waals surface area contributed by atoms with Gasteiger partial charge in [0.05, 0.1) is 11.9 Å². The molecule has 2 nitrogen and oxygen atoms in total. The van der Waals surface area contributed by atoms with Gasteiger partial charge >= 0.3 is 0 Å². The molecule has 0 aliphatic heterocycles. The van der Waals surface area contributed by atoms with Crippen molar-refractivity contribution in [2.24, 2.45) is 0 Å². The van der Waals surface area contributed by atoms with Crippen molar-refractivity contribution in [2.75, 3.05) is 5.73 Å². The monoisotopic (exact) mass is 158 g/mol. The van der Waals surface area contributed by atoms with Gasteiger partial charge in [0.15, 0.2) is 0 Å². The molecule has 0 bridgehead atoms. The van der Waals surface area contributed by atoms with E-state index in [0.717, 1.165) is 16.5 Å². The van der Waals surface area contributed by atoms with Gasteiger partial charge < -0.3 is 5.73 Å². The third-order valence-corrected chi connectivity index (χ3v) is 2.02. The number of rotatable bonds is 0. The van der Waals surface area contributed by atoms with Crippen LogP contribution < -0.4 is 5.73 Å². The fourth-order valence-electron chi connectivity index (χ4n) is 1.45. The molecule has 0 aliphatic rings. The number of nitrogens with zero attached hydrogens (tertiary/aromatic N) is 1. The largest absolute Gasteiger partial charge is 0.397 e. The van der Waals surface area contributed by atoms with Crippen molar-refractivity contribution >= 4 is 16.5 Å². The van der Waals surface area contributed by atoms with E-state index in [0.29, 0.717) is 0 Å². The summed E-state index contributed by atoms with van der Waals surface area (Å²) in [6.45, 7) is 2.05. The van der Waals surface area contributed by atoms with Crippen molar-refractivity contribution in [3.05, 3.63) is 36.2 Å². The number of aryl methyl sites for hydroxylation is 1. The Labute approximate surface area is 71.0 Å². The Kier molecular flexibility index (Phi) is 1.47. The van der Waals surface area contributed by atoms with Crippen LogP contribution in [0.5, 0.6) is 0 Å². The quantitative estimate of drug-likeness (QED) is 0.637. The Bertz CT molecular complexity index is 384. The average Bonchev–Trinajstić information content (AvgIpc) is 2.04. The molecule has 1 aromatic carbocycles. The first kappa shape index (κ1) is 7.10. The van der Waals surface area contributed by atoms with Crippen molar-refractivity contribution in [1.82, 2.24) is 4.98 Å². The van der Waals surface area contributed by atoms with Gasteiger partial charge in [0, 0.05) is 17.0 Å². The van der Waals surface area contributed by atoms with Gasteiger partial charge in [0.1, 0.15) is 0 Å². The molecular formula is C10H10N2. The van der Waals surface area contributed by atoms with Crippen molar-refractivity contribution < 1.29 is 0 Å². The zero-order valence-electron chi connectivity index (χ0n) is 6.91. The van der Waals surface area contributed by atoms with Crippen LogP contribution in [-0.2, 0) is 0 Å². The zero-order valence-corrected chi connectivity index (χ0v) is 6.91. The molecule has 12 heavy (non-hydrogen) atoms. The van der Waals surface area contributed by atoms with E-state index in [4.69, 9.17) is 5.73 Å². The van der Waals surface area contributed by atoms with E-state index in [-0.39, 0.29) is 0 Å². The number of hydrogen-bond donors (Lipinski definition) is 1. The van der Waals surface area contributed by atoms with Gasteiger partial charge in [-0.15, -0.1) is 0 Å². The molecule has 0 fully saturated rings. The van der Waals surface area contributed by atoms with Crippen LogP contribution in [0.1, 0.15) is 5.56 Å². The second kappa shape index (κ2) is 2.48. The van der Waals surface area contributed by atoms with Crippen molar-refractivity contribution in [3.63, 3.8) is 0 Å². The molecule has 2 N–H and O–H groups in total. The predicted octanol–water partition coefficient (Wildman–Crippen LogP) is 2.13. The van der Waals surface area contributed by atoms with Crippen LogP contribution in [0.2, 0.25) is 0 Å². The normalized spacial score (nSPS) is 10.4. The third kappa shape index (κ3) is 0.925. The molecule has 0 aliphatic carbocycles. The first-order valence-corrected chi connectivity index (χ1v) is 3.88. The van der Waals surface area contributed by atoms with Crippen LogP contribution in [0.25, 0.3) is 10.8 Å². The van der Waals surface area contributed by atoms with Crippen LogP contribution in [0, 0.1) is 6.92 Å². The van der Waals surface area contributed by atoms with Crippen molar-refractivity contribution in [1.29, 1.82) is 0 Å². The Balaban J connectivity index is 2.96. The summed E-state index contributed by atoms with van der Waals surface area (Å²) in [7, 11) is 0. The van der Waals surface area contributed by atoms with Crippen LogP contribution >= 0.6 is 0 Å². The SMILES string of the molecule is Cc1cccc2cncc(N)c12. The Morgan fingerprint density at radius 2 is 2.08 bits per heavy atom. The fraction of sp³-hybridized carbons (Fsp3) is 0.100. The molecule has 0 saturated carbocycles. The van der Waals surface area contributed by atoms with Gasteiger partial charge in [-0.3, -0.25) is 4.98 Å². The molecule has 2 rings (SSSR count). The molecule has 1 aromatic heterocycles. The maximum absolute atomic E-state index is 5.79. The van der Waals surface area contributed by atoms with Gasteiger partial charge in [-0.25, -0.2) is 0 Å². The molecule has 0 saturated heterocycles. The smallest absolute Gasteiger partial charge is 0.0582 e. The lowest BCUT2D eigenvalue weighted by Gasteiger charge is -2.03. The summed E-state index contributed by atoms with van der Waals surface area (Å²) in [4.78, 5) is 4.03. The lowest BCUT2D eigenvalue weighted by Crippen LogP contribution is -1.90. The summed E-state index contributed by atoms with van der Waals surface area (Å²) in [6, 6.07) is 6.09. The Morgan fingerprint density at radius 3 is 2.83 bits per heavy atom. The number of fused-ring (bicyclic) bond motifs is 1. The molecule has 0 unspecified atom stereocenters. The summed E-state index contributed by atoms with van der Waals surface area (Å²) in [5.41, 5.74) is 7.75. The van der Waals surface area contributed by atoms with Gasteiger partial charge in [0.2, 0.25) is 0 Å². The van der Waals surface area contributed by atoms with Gasteiger partial charge in [-0.05, 0) is 12.5 Å². The standard InChI is InChI=1S/C10H10N2/c1-7-3-2-4-8-5-12-6-9(11)10(7)8/h2-6H,11H2,1H3. The second-order valence-corrected chi connectivity index (χ2v) is 2.90. The molecule has 0 amide bonds. The van der Waals surface area contributed by atoms with E-state index in [1.165, 1.54) is 5.56 Å². The first-order valence-electron chi connectivity index (χ1n) is 3.88. The highest BCUT2D eigenvalue weighted by Gasteiger charge is 1.99. The Hall–Kier alpha value is -1.57. The highest BCUT2D eigenvalue weighted by molar-refractivity contribution is 5.94. The molecule has 2 aromatic rings. The van der Waals surface area contributed by atoms with Crippen LogP contribution in [0.15, 0.2) is 30.6 Å². The number of nitrogens with two attached hydrogens (primary N) is 1. The van der Waals surface area contributed by atoms with Crippen LogP contribution in [-0.4, -0.2) is 4.98 Å². The summed E-state index contributed by atoms with van der Waals surface area (Å²) in [5, 5.41) is 2.22. The summed E-state index contributed by atoms with van der Waals surface area (Å²) >= 11 is 0. The molecular weight excluding hydrogens is 148 g/mol. The number of aromatic nitrogens is 1. The average molecular weight is 158 g/mol. The lowest BCUT2D eigenvalue weighted by atomic mass is 10.1. The predicted molar refractivity (Wildman–Crippen MR) is 50.9 cm³/mol. The minimum atomic E-state index is 0.755. The molecule has 60 valence electrons. The minimum Gasteiger partial charge on any atom is -0.397 e. The molecule has 2 heteroatoms. The number of nitrogen functional groups attached to an aromatic ring is 1. The molecule has 1 heterocycles. The van der Waals surface area contributed by atoms with Crippen LogP contribution in [0.4, 0.5) is 5.69 Å². The van der Waals surface area contributed by atoms with Gasteiger partial charge in [-0.1, -0.05) is 18.2 Å². The maximum atomic E-state index is 5.79. The van der Waals surface area contributed by atoms with Gasteiger partial charge in [-0.2, -0.15) is 0 Å². The third-order valence-electron chi connectivity index (χ3n) is 2.02. The van der Waals surface area contributed by atoms with E-state index < -0.39 is 0 Å². The molecule has 0 atom stereocenters. The highest BCUT2D eigenvalue weighted by atomic mass is 14.7. The number of hydrogen-bond acceptors (Lipinski definition) is 2. The summed E-state index contributed by atoms with van der Waals surface area (Å²) in [6.07, 6.45) is 3.52. The summed E-state index contributed by atoms with van der Waals surface area (Å²) < 4.78 is 0. The Morgan fingerprint density at radius 1 is 1.25 bits per heavy atom.